The van der Waals surface area contributed by atoms with Crippen LogP contribution in [0, 0.1) is 5.82 Å². The lowest BCUT2D eigenvalue weighted by Crippen LogP contribution is -2.33. The molecule has 2 N–H and O–H groups in total. The number of aliphatic hydroxyl groups is 1. The zero-order valence-corrected chi connectivity index (χ0v) is 16.0. The average molecular weight is 387 g/mol. The van der Waals surface area contributed by atoms with Crippen molar-refractivity contribution in [3.05, 3.63) is 59.4 Å². The van der Waals surface area contributed by atoms with Gasteiger partial charge in [-0.15, -0.1) is 0 Å². The van der Waals surface area contributed by atoms with Crippen LogP contribution >= 0.6 is 0 Å². The van der Waals surface area contributed by atoms with Crippen molar-refractivity contribution in [2.45, 2.75) is 32.0 Å². The maximum atomic E-state index is 14.5. The van der Waals surface area contributed by atoms with E-state index in [4.69, 9.17) is 9.84 Å². The van der Waals surface area contributed by atoms with E-state index in [0.717, 1.165) is 24.7 Å². The summed E-state index contributed by atoms with van der Waals surface area (Å²) in [4.78, 5) is 13.3. The van der Waals surface area contributed by atoms with Crippen molar-refractivity contribution < 1.29 is 24.1 Å². The maximum absolute atomic E-state index is 14.5. The number of carbonyl (C=O) groups is 1. The third-order valence-electron chi connectivity index (χ3n) is 5.11. The number of carboxylic acid groups (broad SMARTS) is 1. The number of likely N-dealkylation sites (tertiary alicyclic amines) is 1. The average Bonchev–Trinajstić information content (AvgIpc) is 3.19. The van der Waals surface area contributed by atoms with Gasteiger partial charge in [0.25, 0.3) is 0 Å². The lowest BCUT2D eigenvalue weighted by molar-refractivity contribution is -0.0131. The van der Waals surface area contributed by atoms with Crippen LogP contribution in [0.2, 0.25) is 0 Å². The van der Waals surface area contributed by atoms with Crippen LogP contribution in [0.15, 0.2) is 42.5 Å². The van der Waals surface area contributed by atoms with E-state index in [1.165, 1.54) is 25.0 Å². The fraction of sp³-hybridized carbons (Fsp3) is 0.409. The molecule has 0 amide bonds. The number of nitrogens with zero attached hydrogens (tertiary/aromatic N) is 1. The van der Waals surface area contributed by atoms with Crippen molar-refractivity contribution in [3.63, 3.8) is 0 Å². The second kappa shape index (κ2) is 9.28. The minimum Gasteiger partial charge on any atom is -0.478 e. The van der Waals surface area contributed by atoms with E-state index in [1.807, 2.05) is 19.1 Å². The number of aliphatic hydroxyl groups excluding tert-OH is 1. The minimum atomic E-state index is -1.16. The van der Waals surface area contributed by atoms with Crippen LogP contribution in [-0.2, 0) is 4.74 Å². The standard InChI is InChI=1S/C22H26FNO4/c1-15(28-14-17(25)13-24-10-4-5-11-24)18-6-2-3-7-19(18)20-9-8-16(22(26)27)12-21(20)23/h2-3,6-9,12,15,17,25H,4-5,10-11,13-14H2,1H3,(H,26,27). The van der Waals surface area contributed by atoms with Crippen molar-refractivity contribution >= 4 is 5.97 Å². The quantitative estimate of drug-likeness (QED) is 0.722. The van der Waals surface area contributed by atoms with Crippen LogP contribution in [0.3, 0.4) is 0 Å². The van der Waals surface area contributed by atoms with Crippen molar-refractivity contribution in [2.24, 2.45) is 0 Å². The largest absolute Gasteiger partial charge is 0.478 e. The molecule has 1 aliphatic heterocycles. The van der Waals surface area contributed by atoms with Crippen LogP contribution in [0.1, 0.15) is 41.8 Å². The van der Waals surface area contributed by atoms with Gasteiger partial charge in [0, 0.05) is 12.1 Å². The normalized spacial score (nSPS) is 16.8. The predicted molar refractivity (Wildman–Crippen MR) is 105 cm³/mol. The van der Waals surface area contributed by atoms with E-state index < -0.39 is 17.9 Å². The molecule has 3 rings (SSSR count). The summed E-state index contributed by atoms with van der Waals surface area (Å²) in [6.45, 7) is 4.69. The molecule has 150 valence electrons. The highest BCUT2D eigenvalue weighted by Gasteiger charge is 2.19. The summed E-state index contributed by atoms with van der Waals surface area (Å²) in [6.07, 6.45) is 1.43. The Morgan fingerprint density at radius 3 is 2.57 bits per heavy atom. The first-order chi connectivity index (χ1) is 13.5. The molecular formula is C22H26FNO4. The van der Waals surface area contributed by atoms with Gasteiger partial charge >= 0.3 is 5.97 Å². The van der Waals surface area contributed by atoms with Gasteiger partial charge in [-0.05, 0) is 56.1 Å². The van der Waals surface area contributed by atoms with Gasteiger partial charge in [-0.25, -0.2) is 9.18 Å². The van der Waals surface area contributed by atoms with Gasteiger partial charge in [0.05, 0.1) is 24.4 Å². The Morgan fingerprint density at radius 1 is 1.18 bits per heavy atom. The molecule has 1 heterocycles. The molecule has 0 aromatic heterocycles. The smallest absolute Gasteiger partial charge is 0.335 e. The highest BCUT2D eigenvalue weighted by Crippen LogP contribution is 2.32. The van der Waals surface area contributed by atoms with Gasteiger partial charge in [-0.3, -0.25) is 0 Å². The molecule has 2 unspecified atom stereocenters. The minimum absolute atomic E-state index is 0.0898. The number of rotatable bonds is 8. The summed E-state index contributed by atoms with van der Waals surface area (Å²) in [5.41, 5.74) is 1.68. The molecular weight excluding hydrogens is 361 g/mol. The van der Waals surface area contributed by atoms with Gasteiger partial charge in [0.15, 0.2) is 0 Å². The molecule has 6 heteroatoms. The van der Waals surface area contributed by atoms with E-state index >= 15 is 0 Å². The number of hydrogen-bond acceptors (Lipinski definition) is 4. The van der Waals surface area contributed by atoms with Crippen LogP contribution in [0.4, 0.5) is 4.39 Å². The van der Waals surface area contributed by atoms with Gasteiger partial charge in [-0.2, -0.15) is 0 Å². The highest BCUT2D eigenvalue weighted by molar-refractivity contribution is 5.88. The Hall–Kier alpha value is -2.28. The van der Waals surface area contributed by atoms with E-state index in [1.54, 1.807) is 12.1 Å². The first-order valence-electron chi connectivity index (χ1n) is 9.60. The monoisotopic (exact) mass is 387 g/mol. The van der Waals surface area contributed by atoms with E-state index in [-0.39, 0.29) is 18.3 Å². The van der Waals surface area contributed by atoms with Crippen molar-refractivity contribution in [3.8, 4) is 11.1 Å². The van der Waals surface area contributed by atoms with Crippen LogP contribution in [0.25, 0.3) is 11.1 Å². The summed E-state index contributed by atoms with van der Waals surface area (Å²) in [6, 6.07) is 11.2. The maximum Gasteiger partial charge on any atom is 0.335 e. The molecule has 2 atom stereocenters. The third-order valence-corrected chi connectivity index (χ3v) is 5.11. The number of halogens is 1. The van der Waals surface area contributed by atoms with Crippen LogP contribution < -0.4 is 0 Å². The first kappa shape index (κ1) is 20.5. The summed E-state index contributed by atoms with van der Waals surface area (Å²) < 4.78 is 20.4. The Labute approximate surface area is 164 Å². The predicted octanol–water partition coefficient (Wildman–Crippen LogP) is 3.73. The zero-order chi connectivity index (χ0) is 20.1. The molecule has 28 heavy (non-hydrogen) atoms. The number of aromatic carboxylic acids is 1. The molecule has 0 bridgehead atoms. The van der Waals surface area contributed by atoms with Gasteiger partial charge < -0.3 is 19.8 Å². The molecule has 0 saturated carbocycles. The molecule has 0 radical (unpaired) electrons. The molecule has 0 spiro atoms. The number of carboxylic acids is 1. The Balaban J connectivity index is 1.71. The van der Waals surface area contributed by atoms with Crippen molar-refractivity contribution in [2.75, 3.05) is 26.2 Å². The Bertz CT molecular complexity index is 820. The fourth-order valence-corrected chi connectivity index (χ4v) is 3.62. The third kappa shape index (κ3) is 4.95. The topological polar surface area (TPSA) is 70.0 Å². The summed E-state index contributed by atoms with van der Waals surface area (Å²) in [5.74, 6) is -1.75. The van der Waals surface area contributed by atoms with Crippen molar-refractivity contribution in [1.82, 2.24) is 4.90 Å². The summed E-state index contributed by atoms with van der Waals surface area (Å²) >= 11 is 0. The van der Waals surface area contributed by atoms with Gasteiger partial charge in [0.2, 0.25) is 0 Å². The molecule has 1 aliphatic rings. The van der Waals surface area contributed by atoms with E-state index in [0.29, 0.717) is 17.7 Å². The summed E-state index contributed by atoms with van der Waals surface area (Å²) in [7, 11) is 0. The summed E-state index contributed by atoms with van der Waals surface area (Å²) in [5, 5.41) is 19.3. The van der Waals surface area contributed by atoms with Crippen LogP contribution in [0.5, 0.6) is 0 Å². The molecule has 1 fully saturated rings. The van der Waals surface area contributed by atoms with Crippen molar-refractivity contribution in [1.29, 1.82) is 0 Å². The van der Waals surface area contributed by atoms with Gasteiger partial charge in [0.1, 0.15) is 5.82 Å². The number of β-amino-alcohol motifs (C(OH)–C–C–N with tert-alkyl or cyclic N) is 1. The van der Waals surface area contributed by atoms with E-state index in [9.17, 15) is 14.3 Å². The fourth-order valence-electron chi connectivity index (χ4n) is 3.62. The Morgan fingerprint density at radius 2 is 1.89 bits per heavy atom. The molecule has 2 aromatic rings. The lowest BCUT2D eigenvalue weighted by atomic mass is 9.95. The second-order valence-electron chi connectivity index (χ2n) is 7.22. The van der Waals surface area contributed by atoms with Crippen LogP contribution in [-0.4, -0.2) is 53.4 Å². The molecule has 0 aliphatic carbocycles. The second-order valence-corrected chi connectivity index (χ2v) is 7.22. The lowest BCUT2D eigenvalue weighted by Gasteiger charge is -2.22. The van der Waals surface area contributed by atoms with E-state index in [2.05, 4.69) is 4.90 Å². The molecule has 5 nitrogen and oxygen atoms in total. The van der Waals surface area contributed by atoms with Gasteiger partial charge in [-0.1, -0.05) is 30.3 Å². The number of benzene rings is 2. The number of ether oxygens (including phenoxy) is 1. The number of hydrogen-bond donors (Lipinski definition) is 2. The zero-order valence-electron chi connectivity index (χ0n) is 16.0. The Kier molecular flexibility index (Phi) is 6.78. The molecule has 1 saturated heterocycles. The molecule has 2 aromatic carbocycles. The first-order valence-corrected chi connectivity index (χ1v) is 9.60. The SMILES string of the molecule is CC(OCC(O)CN1CCCC1)c1ccccc1-c1ccc(C(=O)O)cc1F. The highest BCUT2D eigenvalue weighted by atomic mass is 19.1.